The number of nitrogens with zero attached hydrogens (tertiary/aromatic N) is 5. The number of aromatic nitrogens is 5. The number of imidazole rings is 1. The first-order valence-corrected chi connectivity index (χ1v) is 7.08. The second-order valence-corrected chi connectivity index (χ2v) is 5.12. The van der Waals surface area contributed by atoms with E-state index in [1.165, 1.54) is 23.0 Å². The zero-order valence-corrected chi connectivity index (χ0v) is 11.9. The predicted octanol–water partition coefficient (Wildman–Crippen LogP) is 2.11. The van der Waals surface area contributed by atoms with Crippen LogP contribution in [0.25, 0.3) is 22.6 Å². The summed E-state index contributed by atoms with van der Waals surface area (Å²) in [5, 5.41) is 7.16. The molecule has 3 aromatic rings. The van der Waals surface area contributed by atoms with Crippen LogP contribution in [-0.2, 0) is 0 Å². The van der Waals surface area contributed by atoms with Gasteiger partial charge in [0.25, 0.3) is 6.43 Å². The van der Waals surface area contributed by atoms with Gasteiger partial charge in [-0.25, -0.2) is 28.2 Å². The van der Waals surface area contributed by atoms with Crippen LogP contribution in [0.4, 0.5) is 8.78 Å². The van der Waals surface area contributed by atoms with Gasteiger partial charge >= 0.3 is 0 Å². The van der Waals surface area contributed by atoms with Crippen LogP contribution in [0.1, 0.15) is 17.8 Å². The van der Waals surface area contributed by atoms with E-state index in [0.29, 0.717) is 17.0 Å². The minimum absolute atomic E-state index is 0.297. The summed E-state index contributed by atoms with van der Waals surface area (Å²) >= 11 is 0. The van der Waals surface area contributed by atoms with Crippen molar-refractivity contribution < 1.29 is 8.78 Å². The smallest absolute Gasteiger partial charge is 0.282 e. The third-order valence-electron chi connectivity index (χ3n) is 3.67. The first-order chi connectivity index (χ1) is 11.2. The summed E-state index contributed by atoms with van der Waals surface area (Å²) in [5.74, 6) is 0. The molecule has 0 unspecified atom stereocenters. The molecule has 23 heavy (non-hydrogen) atoms. The molecule has 8 heteroatoms. The minimum Gasteiger partial charge on any atom is -0.309 e. The molecule has 0 aromatic carbocycles. The normalized spacial score (nSPS) is 14.7. The molecule has 0 saturated carbocycles. The molecule has 0 fully saturated rings. The van der Waals surface area contributed by atoms with Crippen LogP contribution in [0.15, 0.2) is 36.8 Å². The van der Waals surface area contributed by atoms with Gasteiger partial charge in [-0.3, -0.25) is 0 Å². The molecule has 0 spiro atoms. The summed E-state index contributed by atoms with van der Waals surface area (Å²) in [6.45, 7) is 1.56. The molecule has 1 aliphatic rings. The number of halogens is 2. The number of hydrogen-bond acceptors (Lipinski definition) is 5. The van der Waals surface area contributed by atoms with Crippen molar-refractivity contribution in [2.24, 2.45) is 0 Å². The van der Waals surface area contributed by atoms with Gasteiger partial charge in [-0.05, 0) is 23.8 Å². The zero-order valence-electron chi connectivity index (χ0n) is 11.9. The number of nitrogens with one attached hydrogen (secondary N) is 1. The first-order valence-electron chi connectivity index (χ1n) is 7.08. The van der Waals surface area contributed by atoms with Crippen molar-refractivity contribution in [2.45, 2.75) is 6.43 Å². The highest BCUT2D eigenvalue weighted by Crippen LogP contribution is 2.23. The lowest BCUT2D eigenvalue weighted by molar-refractivity contribution is 0.144. The van der Waals surface area contributed by atoms with Crippen LogP contribution < -0.4 is 5.32 Å². The largest absolute Gasteiger partial charge is 0.309 e. The quantitative estimate of drug-likeness (QED) is 0.802. The van der Waals surface area contributed by atoms with Crippen LogP contribution in [0.5, 0.6) is 0 Å². The highest BCUT2D eigenvalue weighted by molar-refractivity contribution is 5.70. The van der Waals surface area contributed by atoms with Crippen LogP contribution in [0.3, 0.4) is 0 Å². The van der Waals surface area contributed by atoms with Crippen molar-refractivity contribution in [3.8, 4) is 11.4 Å². The van der Waals surface area contributed by atoms with E-state index >= 15 is 0 Å². The second kappa shape index (κ2) is 5.47. The minimum atomic E-state index is -2.63. The maximum Gasteiger partial charge on any atom is 0.282 e. The Bertz CT molecular complexity index is 902. The Hall–Kier alpha value is -2.74. The number of rotatable bonds is 3. The molecule has 3 aromatic heterocycles. The number of fused-ring (bicyclic) bond motifs is 1. The summed E-state index contributed by atoms with van der Waals surface area (Å²) in [4.78, 5) is 12.7. The lowest BCUT2D eigenvalue weighted by atomic mass is 10.1. The van der Waals surface area contributed by atoms with Gasteiger partial charge in [0.1, 0.15) is 17.7 Å². The van der Waals surface area contributed by atoms with Gasteiger partial charge in [0, 0.05) is 13.1 Å². The SMILES string of the molecule is FC(F)c1ccc2ncc(-c3cc(C4=CCNC4)ncn3)n2n1. The second-order valence-electron chi connectivity index (χ2n) is 5.12. The molecule has 1 aliphatic heterocycles. The Kier molecular flexibility index (Phi) is 3.30. The summed E-state index contributed by atoms with van der Waals surface area (Å²) in [6.07, 6.45) is 2.46. The maximum absolute atomic E-state index is 12.9. The zero-order chi connectivity index (χ0) is 15.8. The summed E-state index contributed by atoms with van der Waals surface area (Å²) < 4.78 is 27.1. The van der Waals surface area contributed by atoms with E-state index in [1.807, 2.05) is 6.07 Å². The fourth-order valence-electron chi connectivity index (χ4n) is 2.52. The Labute approximate surface area is 129 Å². The van der Waals surface area contributed by atoms with Crippen molar-refractivity contribution in [1.82, 2.24) is 29.9 Å². The molecule has 0 amide bonds. The molecule has 0 aliphatic carbocycles. The van der Waals surface area contributed by atoms with Gasteiger partial charge in [-0.2, -0.15) is 5.10 Å². The lowest BCUT2D eigenvalue weighted by Crippen LogP contribution is -2.08. The van der Waals surface area contributed by atoms with Gasteiger partial charge < -0.3 is 5.32 Å². The Morgan fingerprint density at radius 1 is 1.13 bits per heavy atom. The van der Waals surface area contributed by atoms with Crippen LogP contribution in [0, 0.1) is 0 Å². The molecule has 0 atom stereocenters. The van der Waals surface area contributed by atoms with E-state index in [0.717, 1.165) is 24.4 Å². The van der Waals surface area contributed by atoms with E-state index in [9.17, 15) is 8.78 Å². The van der Waals surface area contributed by atoms with Crippen molar-refractivity contribution in [3.05, 3.63) is 48.2 Å². The van der Waals surface area contributed by atoms with E-state index in [4.69, 9.17) is 0 Å². The molecule has 4 heterocycles. The Morgan fingerprint density at radius 3 is 2.78 bits per heavy atom. The van der Waals surface area contributed by atoms with Gasteiger partial charge in [-0.1, -0.05) is 6.08 Å². The van der Waals surface area contributed by atoms with E-state index in [2.05, 4.69) is 31.4 Å². The maximum atomic E-state index is 12.9. The van der Waals surface area contributed by atoms with E-state index < -0.39 is 6.43 Å². The van der Waals surface area contributed by atoms with Gasteiger partial charge in [0.05, 0.1) is 17.6 Å². The van der Waals surface area contributed by atoms with Crippen LogP contribution >= 0.6 is 0 Å². The average molecular weight is 314 g/mol. The van der Waals surface area contributed by atoms with Gasteiger partial charge in [-0.15, -0.1) is 0 Å². The summed E-state index contributed by atoms with van der Waals surface area (Å²) in [6, 6.07) is 4.61. The lowest BCUT2D eigenvalue weighted by Gasteiger charge is -2.05. The van der Waals surface area contributed by atoms with Crippen molar-refractivity contribution in [1.29, 1.82) is 0 Å². The van der Waals surface area contributed by atoms with Gasteiger partial charge in [0.15, 0.2) is 5.65 Å². The molecule has 0 bridgehead atoms. The standard InChI is InChI=1S/C15H12F2N6/c16-15(17)10-1-2-14-19-7-13(23(14)22-10)12-5-11(20-8-21-12)9-3-4-18-6-9/h1-3,5,7-8,15,18H,4,6H2. The van der Waals surface area contributed by atoms with Gasteiger partial charge in [0.2, 0.25) is 0 Å². The molecule has 6 nitrogen and oxygen atoms in total. The van der Waals surface area contributed by atoms with Crippen LogP contribution in [-0.4, -0.2) is 37.7 Å². The third kappa shape index (κ3) is 2.46. The van der Waals surface area contributed by atoms with E-state index in [-0.39, 0.29) is 5.69 Å². The topological polar surface area (TPSA) is 68.0 Å². The summed E-state index contributed by atoms with van der Waals surface area (Å²) in [7, 11) is 0. The van der Waals surface area contributed by atoms with E-state index in [1.54, 1.807) is 6.20 Å². The fraction of sp³-hybridized carbons (Fsp3) is 0.200. The summed E-state index contributed by atoms with van der Waals surface area (Å²) in [5.41, 5.74) is 3.23. The first kappa shape index (κ1) is 13.9. The number of hydrogen-bond donors (Lipinski definition) is 1. The number of alkyl halides is 2. The molecular weight excluding hydrogens is 302 g/mol. The van der Waals surface area contributed by atoms with Crippen molar-refractivity contribution in [3.63, 3.8) is 0 Å². The highest BCUT2D eigenvalue weighted by Gasteiger charge is 2.15. The molecule has 0 radical (unpaired) electrons. The fourth-order valence-corrected chi connectivity index (χ4v) is 2.52. The molecule has 0 saturated heterocycles. The van der Waals surface area contributed by atoms with Crippen molar-refractivity contribution >= 4 is 11.2 Å². The predicted molar refractivity (Wildman–Crippen MR) is 79.8 cm³/mol. The highest BCUT2D eigenvalue weighted by atomic mass is 19.3. The molecule has 4 rings (SSSR count). The molecule has 116 valence electrons. The Morgan fingerprint density at radius 2 is 2.00 bits per heavy atom. The third-order valence-corrected chi connectivity index (χ3v) is 3.67. The van der Waals surface area contributed by atoms with Crippen LogP contribution in [0.2, 0.25) is 0 Å². The monoisotopic (exact) mass is 314 g/mol. The molecule has 1 N–H and O–H groups in total. The van der Waals surface area contributed by atoms with Crippen molar-refractivity contribution in [2.75, 3.05) is 13.1 Å². The molecular formula is C15H12F2N6. The average Bonchev–Trinajstić information content (AvgIpc) is 3.24. The Balaban J connectivity index is 1.82.